The van der Waals surface area contributed by atoms with Gasteiger partial charge < -0.3 is 4.90 Å². The van der Waals surface area contributed by atoms with Crippen molar-refractivity contribution in [3.05, 3.63) is 11.1 Å². The zero-order chi connectivity index (χ0) is 13.6. The van der Waals surface area contributed by atoms with Crippen molar-refractivity contribution in [1.29, 1.82) is 0 Å². The minimum atomic E-state index is -4.33. The lowest BCUT2D eigenvalue weighted by Crippen LogP contribution is -2.34. The summed E-state index contributed by atoms with van der Waals surface area (Å²) < 4.78 is 37.9. The molecule has 0 spiro atoms. The number of aromatic nitrogens is 1. The summed E-state index contributed by atoms with van der Waals surface area (Å²) in [6.45, 7) is 3.06. The van der Waals surface area contributed by atoms with Crippen molar-refractivity contribution >= 4 is 16.5 Å². The number of alkyl halides is 3. The van der Waals surface area contributed by atoms with Crippen LogP contribution in [0.25, 0.3) is 0 Å². The number of hydrogen-bond donors (Lipinski definition) is 0. The SMILES string of the molecule is CC1CN(c2nc(C(F)(F)F)cs2)C2CCCCC12. The highest BCUT2D eigenvalue weighted by atomic mass is 32.1. The normalized spacial score (nSPS) is 31.6. The Hall–Kier alpha value is -0.780. The molecule has 2 fully saturated rings. The predicted octanol–water partition coefficient (Wildman–Crippen LogP) is 4.18. The number of thiazole rings is 1. The van der Waals surface area contributed by atoms with E-state index >= 15 is 0 Å². The van der Waals surface area contributed by atoms with Crippen LogP contribution in [0.15, 0.2) is 5.38 Å². The molecule has 2 aliphatic rings. The maximum absolute atomic E-state index is 12.6. The summed E-state index contributed by atoms with van der Waals surface area (Å²) in [6.07, 6.45) is 0.411. The molecule has 0 N–H and O–H groups in total. The van der Waals surface area contributed by atoms with E-state index in [0.29, 0.717) is 23.0 Å². The zero-order valence-corrected chi connectivity index (χ0v) is 11.6. The Bertz CT molecular complexity index is 457. The first-order valence-electron chi connectivity index (χ1n) is 6.76. The van der Waals surface area contributed by atoms with E-state index in [0.717, 1.165) is 29.7 Å². The van der Waals surface area contributed by atoms with Gasteiger partial charge in [0.25, 0.3) is 0 Å². The lowest BCUT2D eigenvalue weighted by atomic mass is 9.80. The molecule has 0 amide bonds. The molecule has 1 aromatic rings. The van der Waals surface area contributed by atoms with Crippen molar-refractivity contribution in [2.24, 2.45) is 11.8 Å². The van der Waals surface area contributed by atoms with Gasteiger partial charge in [0.05, 0.1) is 0 Å². The van der Waals surface area contributed by atoms with Gasteiger partial charge in [-0.2, -0.15) is 13.2 Å². The first kappa shape index (κ1) is 13.2. The fraction of sp³-hybridized carbons (Fsp3) is 0.769. The highest BCUT2D eigenvalue weighted by molar-refractivity contribution is 7.13. The highest BCUT2D eigenvalue weighted by Gasteiger charge is 2.42. The Morgan fingerprint density at radius 1 is 1.32 bits per heavy atom. The maximum atomic E-state index is 12.6. The van der Waals surface area contributed by atoms with Crippen LogP contribution in [0.3, 0.4) is 0 Å². The van der Waals surface area contributed by atoms with Crippen molar-refractivity contribution in [3.8, 4) is 0 Å². The zero-order valence-electron chi connectivity index (χ0n) is 10.8. The van der Waals surface area contributed by atoms with Crippen molar-refractivity contribution in [1.82, 2.24) is 4.98 Å². The van der Waals surface area contributed by atoms with Gasteiger partial charge in [0, 0.05) is 18.0 Å². The van der Waals surface area contributed by atoms with Crippen LogP contribution in [0, 0.1) is 11.8 Å². The number of nitrogens with zero attached hydrogens (tertiary/aromatic N) is 2. The summed E-state index contributed by atoms with van der Waals surface area (Å²) in [5, 5.41) is 1.68. The fourth-order valence-corrected chi connectivity index (χ4v) is 4.42. The Morgan fingerprint density at radius 3 is 2.74 bits per heavy atom. The molecule has 1 aliphatic carbocycles. The summed E-state index contributed by atoms with van der Waals surface area (Å²) in [5.41, 5.74) is -0.751. The van der Waals surface area contributed by atoms with Crippen LogP contribution in [0.4, 0.5) is 18.3 Å². The molecule has 2 heterocycles. The average molecular weight is 290 g/mol. The van der Waals surface area contributed by atoms with Crippen LogP contribution >= 0.6 is 11.3 Å². The molecule has 3 rings (SSSR count). The van der Waals surface area contributed by atoms with Gasteiger partial charge in [0.15, 0.2) is 10.8 Å². The molecule has 0 radical (unpaired) electrons. The second-order valence-electron chi connectivity index (χ2n) is 5.66. The van der Waals surface area contributed by atoms with E-state index in [-0.39, 0.29) is 0 Å². The fourth-order valence-electron chi connectivity index (χ4n) is 3.52. The molecule has 1 aromatic heterocycles. The molecular weight excluding hydrogens is 273 g/mol. The minimum Gasteiger partial charge on any atom is -0.345 e. The van der Waals surface area contributed by atoms with Crippen LogP contribution < -0.4 is 4.90 Å². The maximum Gasteiger partial charge on any atom is 0.434 e. The number of rotatable bonds is 1. The number of fused-ring (bicyclic) bond motifs is 1. The first-order valence-corrected chi connectivity index (χ1v) is 7.64. The molecule has 19 heavy (non-hydrogen) atoms. The van der Waals surface area contributed by atoms with Crippen molar-refractivity contribution in [2.75, 3.05) is 11.4 Å². The Kier molecular flexibility index (Phi) is 3.23. The summed E-state index contributed by atoms with van der Waals surface area (Å²) in [5.74, 6) is 1.19. The van der Waals surface area contributed by atoms with Crippen LogP contribution in [0.2, 0.25) is 0 Å². The first-order chi connectivity index (χ1) is 8.97. The van der Waals surface area contributed by atoms with E-state index in [1.807, 2.05) is 0 Å². The molecule has 0 bridgehead atoms. The molecule has 106 valence electrons. The van der Waals surface area contributed by atoms with Gasteiger partial charge >= 0.3 is 6.18 Å². The third-order valence-corrected chi connectivity index (χ3v) is 5.30. The standard InChI is InChI=1S/C13H17F3N2S/c1-8-6-18(10-5-3-2-4-9(8)10)12-17-11(7-19-12)13(14,15)16/h7-10H,2-6H2,1H3. The summed E-state index contributed by atoms with van der Waals surface area (Å²) in [7, 11) is 0. The van der Waals surface area contributed by atoms with Gasteiger partial charge in [-0.3, -0.25) is 0 Å². The second kappa shape index (κ2) is 4.65. The molecular formula is C13H17F3N2S. The largest absolute Gasteiger partial charge is 0.434 e. The third-order valence-electron chi connectivity index (χ3n) is 4.43. The van der Waals surface area contributed by atoms with Crippen molar-refractivity contribution in [2.45, 2.75) is 44.8 Å². The van der Waals surface area contributed by atoms with Gasteiger partial charge in [-0.25, -0.2) is 4.98 Å². The number of anilines is 1. The highest BCUT2D eigenvalue weighted by Crippen LogP contribution is 2.43. The van der Waals surface area contributed by atoms with E-state index in [4.69, 9.17) is 0 Å². The van der Waals surface area contributed by atoms with Crippen LogP contribution in [0.1, 0.15) is 38.3 Å². The Morgan fingerprint density at radius 2 is 2.05 bits per heavy atom. The minimum absolute atomic E-state index is 0.399. The van der Waals surface area contributed by atoms with Gasteiger partial charge in [0.2, 0.25) is 0 Å². The summed E-state index contributed by atoms with van der Waals surface area (Å²) in [4.78, 5) is 5.93. The third kappa shape index (κ3) is 2.35. The van der Waals surface area contributed by atoms with Crippen LogP contribution in [-0.2, 0) is 6.18 Å². The number of halogens is 3. The molecule has 1 saturated carbocycles. The van der Waals surface area contributed by atoms with Crippen LogP contribution in [-0.4, -0.2) is 17.6 Å². The summed E-state index contributed by atoms with van der Waals surface area (Å²) in [6, 6.07) is 0.399. The smallest absolute Gasteiger partial charge is 0.345 e. The lowest BCUT2D eigenvalue weighted by molar-refractivity contribution is -0.140. The Balaban J connectivity index is 1.84. The quantitative estimate of drug-likeness (QED) is 0.771. The monoisotopic (exact) mass is 290 g/mol. The molecule has 1 saturated heterocycles. The molecule has 0 aromatic carbocycles. The molecule has 3 unspecified atom stereocenters. The van der Waals surface area contributed by atoms with Gasteiger partial charge in [-0.05, 0) is 24.7 Å². The van der Waals surface area contributed by atoms with Crippen molar-refractivity contribution in [3.63, 3.8) is 0 Å². The van der Waals surface area contributed by atoms with E-state index in [9.17, 15) is 13.2 Å². The van der Waals surface area contributed by atoms with Gasteiger partial charge in [0.1, 0.15) is 0 Å². The predicted molar refractivity (Wildman–Crippen MR) is 69.4 cm³/mol. The molecule has 1 aliphatic heterocycles. The number of hydrogen-bond acceptors (Lipinski definition) is 3. The second-order valence-corrected chi connectivity index (χ2v) is 6.49. The van der Waals surface area contributed by atoms with Gasteiger partial charge in [-0.15, -0.1) is 11.3 Å². The molecule has 6 heteroatoms. The van der Waals surface area contributed by atoms with Gasteiger partial charge in [-0.1, -0.05) is 19.8 Å². The topological polar surface area (TPSA) is 16.1 Å². The van der Waals surface area contributed by atoms with Crippen LogP contribution in [0.5, 0.6) is 0 Å². The van der Waals surface area contributed by atoms with E-state index in [1.165, 1.54) is 19.3 Å². The Labute approximate surface area is 114 Å². The molecule has 2 nitrogen and oxygen atoms in total. The van der Waals surface area contributed by atoms with E-state index in [2.05, 4.69) is 16.8 Å². The summed E-state index contributed by atoms with van der Waals surface area (Å²) >= 11 is 1.13. The van der Waals surface area contributed by atoms with Crippen molar-refractivity contribution < 1.29 is 13.2 Å². The average Bonchev–Trinajstić information content (AvgIpc) is 2.94. The van der Waals surface area contributed by atoms with E-state index < -0.39 is 11.9 Å². The van der Waals surface area contributed by atoms with E-state index in [1.54, 1.807) is 0 Å². The lowest BCUT2D eigenvalue weighted by Gasteiger charge is -2.31. The molecule has 3 atom stereocenters.